The highest BCUT2D eigenvalue weighted by Gasteiger charge is 2.27. The standard InChI is InChI=1S/C10H13NO3.HI/c1-10(11,9(13)14)6-7-2-4-8(12)5-3-7;/h2-5,12H,6,11H2,1H3,(H,13,14);1H/t10-;/m0./s1. The predicted molar refractivity (Wildman–Crippen MR) is 67.5 cm³/mol. The molecule has 1 atom stereocenters. The van der Waals surface area contributed by atoms with Gasteiger partial charge in [0.15, 0.2) is 0 Å². The van der Waals surface area contributed by atoms with Crippen molar-refractivity contribution in [3.63, 3.8) is 0 Å². The number of aromatic hydroxyl groups is 1. The van der Waals surface area contributed by atoms with Gasteiger partial charge in [-0.3, -0.25) is 4.79 Å². The molecule has 4 nitrogen and oxygen atoms in total. The van der Waals surface area contributed by atoms with Crippen LogP contribution in [0.15, 0.2) is 24.3 Å². The van der Waals surface area contributed by atoms with Crippen molar-refractivity contribution in [2.45, 2.75) is 18.9 Å². The van der Waals surface area contributed by atoms with Crippen LogP contribution in [0.5, 0.6) is 5.75 Å². The van der Waals surface area contributed by atoms with Crippen molar-refractivity contribution in [3.8, 4) is 5.75 Å². The molecule has 0 saturated heterocycles. The Morgan fingerprint density at radius 1 is 1.40 bits per heavy atom. The molecule has 4 N–H and O–H groups in total. The van der Waals surface area contributed by atoms with E-state index in [4.69, 9.17) is 15.9 Å². The Morgan fingerprint density at radius 2 is 1.87 bits per heavy atom. The maximum atomic E-state index is 10.7. The smallest absolute Gasteiger partial charge is 0.323 e. The number of halogens is 1. The van der Waals surface area contributed by atoms with Gasteiger partial charge in [-0.05, 0) is 24.6 Å². The van der Waals surface area contributed by atoms with Gasteiger partial charge < -0.3 is 15.9 Å². The zero-order valence-corrected chi connectivity index (χ0v) is 10.6. The Morgan fingerprint density at radius 3 is 2.27 bits per heavy atom. The first-order valence-electron chi connectivity index (χ1n) is 4.22. The van der Waals surface area contributed by atoms with Crippen molar-refractivity contribution in [3.05, 3.63) is 29.8 Å². The molecule has 15 heavy (non-hydrogen) atoms. The fraction of sp³-hybridized carbons (Fsp3) is 0.300. The normalized spacial score (nSPS) is 13.7. The summed E-state index contributed by atoms with van der Waals surface area (Å²) in [5.41, 5.74) is 5.09. The molecule has 0 radical (unpaired) electrons. The fourth-order valence-electron chi connectivity index (χ4n) is 1.11. The highest BCUT2D eigenvalue weighted by molar-refractivity contribution is 14.0. The van der Waals surface area contributed by atoms with E-state index < -0.39 is 11.5 Å². The van der Waals surface area contributed by atoms with E-state index >= 15 is 0 Å². The highest BCUT2D eigenvalue weighted by Crippen LogP contribution is 2.14. The van der Waals surface area contributed by atoms with Crippen molar-refractivity contribution in [2.24, 2.45) is 5.73 Å². The maximum Gasteiger partial charge on any atom is 0.323 e. The van der Waals surface area contributed by atoms with Crippen LogP contribution in [0, 0.1) is 0 Å². The molecule has 0 unspecified atom stereocenters. The average Bonchev–Trinajstić information content (AvgIpc) is 2.08. The van der Waals surface area contributed by atoms with Crippen molar-refractivity contribution >= 4 is 29.9 Å². The van der Waals surface area contributed by atoms with Crippen molar-refractivity contribution in [1.82, 2.24) is 0 Å². The number of nitrogens with two attached hydrogens (primary N) is 1. The Labute approximate surface area is 105 Å². The lowest BCUT2D eigenvalue weighted by atomic mass is 9.94. The van der Waals surface area contributed by atoms with Crippen LogP contribution in [0.2, 0.25) is 0 Å². The van der Waals surface area contributed by atoms with Gasteiger partial charge in [-0.1, -0.05) is 12.1 Å². The lowest BCUT2D eigenvalue weighted by Gasteiger charge is -2.18. The quantitative estimate of drug-likeness (QED) is 0.734. The van der Waals surface area contributed by atoms with E-state index in [1.54, 1.807) is 12.1 Å². The van der Waals surface area contributed by atoms with Crippen LogP contribution in [0.1, 0.15) is 12.5 Å². The molecule has 0 aliphatic heterocycles. The molecule has 0 fully saturated rings. The topological polar surface area (TPSA) is 83.5 Å². The molecular formula is C10H14INO3. The van der Waals surface area contributed by atoms with Gasteiger partial charge in [0, 0.05) is 6.42 Å². The molecular weight excluding hydrogens is 309 g/mol. The molecule has 0 heterocycles. The monoisotopic (exact) mass is 323 g/mol. The fourth-order valence-corrected chi connectivity index (χ4v) is 1.11. The van der Waals surface area contributed by atoms with Crippen LogP contribution in [-0.2, 0) is 11.2 Å². The molecule has 0 aliphatic carbocycles. The van der Waals surface area contributed by atoms with E-state index in [9.17, 15) is 4.79 Å². The van der Waals surface area contributed by atoms with Gasteiger partial charge in [-0.2, -0.15) is 0 Å². The van der Waals surface area contributed by atoms with Crippen LogP contribution in [0.4, 0.5) is 0 Å². The lowest BCUT2D eigenvalue weighted by molar-refractivity contribution is -0.142. The van der Waals surface area contributed by atoms with Gasteiger partial charge in [0.05, 0.1) is 0 Å². The van der Waals surface area contributed by atoms with Gasteiger partial charge in [0.1, 0.15) is 11.3 Å². The van der Waals surface area contributed by atoms with Crippen LogP contribution < -0.4 is 5.73 Å². The van der Waals surface area contributed by atoms with Gasteiger partial charge in [-0.15, -0.1) is 24.0 Å². The van der Waals surface area contributed by atoms with Gasteiger partial charge in [-0.25, -0.2) is 0 Å². The van der Waals surface area contributed by atoms with Crippen LogP contribution in [-0.4, -0.2) is 21.7 Å². The summed E-state index contributed by atoms with van der Waals surface area (Å²) in [6.45, 7) is 1.46. The first-order valence-corrected chi connectivity index (χ1v) is 4.22. The van der Waals surface area contributed by atoms with Crippen molar-refractivity contribution in [2.75, 3.05) is 0 Å². The summed E-state index contributed by atoms with van der Waals surface area (Å²) in [6.07, 6.45) is 0.239. The molecule has 0 amide bonds. The molecule has 84 valence electrons. The summed E-state index contributed by atoms with van der Waals surface area (Å²) in [4.78, 5) is 10.7. The second kappa shape index (κ2) is 5.32. The Bertz CT molecular complexity index is 335. The number of phenolic OH excluding ortho intramolecular Hbond substituents is 1. The molecule has 1 aromatic carbocycles. The number of benzene rings is 1. The number of hydrogen-bond donors (Lipinski definition) is 3. The molecule has 0 spiro atoms. The minimum Gasteiger partial charge on any atom is -0.508 e. The SMILES string of the molecule is C[C@](N)(Cc1ccc(O)cc1)C(=O)O.I. The molecule has 1 rings (SSSR count). The van der Waals surface area contributed by atoms with Gasteiger partial charge in [0.25, 0.3) is 0 Å². The van der Waals surface area contributed by atoms with Crippen LogP contribution in [0.3, 0.4) is 0 Å². The average molecular weight is 323 g/mol. The summed E-state index contributed by atoms with van der Waals surface area (Å²) in [7, 11) is 0. The number of carboxylic acids is 1. The van der Waals surface area contributed by atoms with E-state index in [1.807, 2.05) is 0 Å². The Hall–Kier alpha value is -0.820. The number of rotatable bonds is 3. The minimum absolute atomic E-state index is 0. The van der Waals surface area contributed by atoms with Gasteiger partial charge in [0.2, 0.25) is 0 Å². The highest BCUT2D eigenvalue weighted by atomic mass is 127. The summed E-state index contributed by atoms with van der Waals surface area (Å²) in [5, 5.41) is 17.8. The molecule has 1 aromatic rings. The number of carbonyl (C=O) groups is 1. The number of carboxylic acid groups (broad SMARTS) is 1. The van der Waals surface area contributed by atoms with E-state index in [2.05, 4.69) is 0 Å². The molecule has 0 bridgehead atoms. The second-order valence-electron chi connectivity index (χ2n) is 3.57. The van der Waals surface area contributed by atoms with E-state index in [1.165, 1.54) is 19.1 Å². The third kappa shape index (κ3) is 4.05. The summed E-state index contributed by atoms with van der Waals surface area (Å²) in [6, 6.07) is 6.33. The second-order valence-corrected chi connectivity index (χ2v) is 3.57. The zero-order valence-electron chi connectivity index (χ0n) is 8.30. The van der Waals surface area contributed by atoms with Crippen LogP contribution >= 0.6 is 24.0 Å². The summed E-state index contributed by atoms with van der Waals surface area (Å²) >= 11 is 0. The lowest BCUT2D eigenvalue weighted by Crippen LogP contribution is -2.46. The van der Waals surface area contributed by atoms with Crippen molar-refractivity contribution < 1.29 is 15.0 Å². The van der Waals surface area contributed by atoms with E-state index in [0.717, 1.165) is 5.56 Å². The summed E-state index contributed by atoms with van der Waals surface area (Å²) in [5.74, 6) is -0.881. The minimum atomic E-state index is -1.27. The maximum absolute atomic E-state index is 10.7. The Balaban J connectivity index is 0.00000196. The third-order valence-corrected chi connectivity index (χ3v) is 2.00. The molecule has 0 aromatic heterocycles. The first kappa shape index (κ1) is 14.2. The third-order valence-electron chi connectivity index (χ3n) is 2.00. The first-order chi connectivity index (χ1) is 6.42. The molecule has 0 aliphatic rings. The zero-order chi connectivity index (χ0) is 10.8. The summed E-state index contributed by atoms with van der Waals surface area (Å²) < 4.78 is 0. The number of aliphatic carboxylic acids is 1. The predicted octanol–water partition coefficient (Wildman–Crippen LogP) is 1.35. The van der Waals surface area contributed by atoms with E-state index in [-0.39, 0.29) is 36.1 Å². The molecule has 5 heteroatoms. The van der Waals surface area contributed by atoms with Crippen LogP contribution in [0.25, 0.3) is 0 Å². The largest absolute Gasteiger partial charge is 0.508 e. The number of hydrogen-bond acceptors (Lipinski definition) is 3. The van der Waals surface area contributed by atoms with E-state index in [0.29, 0.717) is 0 Å². The van der Waals surface area contributed by atoms with Crippen molar-refractivity contribution in [1.29, 1.82) is 0 Å². The number of phenols is 1. The Kier molecular flexibility index (Phi) is 5.02. The molecule has 0 saturated carbocycles. The van der Waals surface area contributed by atoms with Gasteiger partial charge >= 0.3 is 5.97 Å².